The van der Waals surface area contributed by atoms with Crippen LogP contribution in [0.4, 0.5) is 5.95 Å². The van der Waals surface area contributed by atoms with Crippen LogP contribution in [0.2, 0.25) is 0 Å². The highest BCUT2D eigenvalue weighted by atomic mass is 16.2. The van der Waals surface area contributed by atoms with E-state index in [1.807, 2.05) is 18.4 Å². The van der Waals surface area contributed by atoms with Crippen LogP contribution in [-0.4, -0.2) is 30.3 Å². The van der Waals surface area contributed by atoms with Gasteiger partial charge in [0.25, 0.3) is 5.91 Å². The predicted octanol–water partition coefficient (Wildman–Crippen LogP) is 1.25. The fourth-order valence-electron chi connectivity index (χ4n) is 3.24. The van der Waals surface area contributed by atoms with Crippen LogP contribution in [0.1, 0.15) is 34.2 Å². The molecule has 8 heteroatoms. The first-order chi connectivity index (χ1) is 12.5. The summed E-state index contributed by atoms with van der Waals surface area (Å²) < 4.78 is 1.83. The molecule has 0 unspecified atom stereocenters. The Labute approximate surface area is 149 Å². The summed E-state index contributed by atoms with van der Waals surface area (Å²) in [4.78, 5) is 40.1. The number of hydrogen-bond acceptors (Lipinski definition) is 6. The Morgan fingerprint density at radius 3 is 2.85 bits per heavy atom. The number of nitrogen functional groups attached to an aromatic ring is 1. The maximum atomic E-state index is 13.0. The maximum Gasteiger partial charge on any atom is 0.260 e. The summed E-state index contributed by atoms with van der Waals surface area (Å²) in [5.74, 6) is -0.144. The third kappa shape index (κ3) is 2.50. The van der Waals surface area contributed by atoms with Gasteiger partial charge in [-0.3, -0.25) is 9.59 Å². The number of aromatic nitrogens is 4. The minimum absolute atomic E-state index is 0.138. The molecule has 4 rings (SSSR count). The molecule has 0 radical (unpaired) electrons. The molecule has 2 N–H and O–H groups in total. The Hall–Kier alpha value is -3.29. The van der Waals surface area contributed by atoms with E-state index in [1.54, 1.807) is 29.4 Å². The van der Waals surface area contributed by atoms with Crippen molar-refractivity contribution in [3.8, 4) is 0 Å². The van der Waals surface area contributed by atoms with E-state index in [2.05, 4.69) is 15.0 Å². The molecule has 0 spiro atoms. The number of carbonyl (C=O) groups excluding carboxylic acids is 1. The van der Waals surface area contributed by atoms with Crippen molar-refractivity contribution in [1.82, 2.24) is 24.4 Å². The highest BCUT2D eigenvalue weighted by Gasteiger charge is 2.28. The molecule has 1 aliphatic rings. The zero-order valence-electron chi connectivity index (χ0n) is 14.6. The number of nitrogens with zero attached hydrogens (tertiary/aromatic N) is 5. The average Bonchev–Trinajstić information content (AvgIpc) is 3.04. The summed E-state index contributed by atoms with van der Waals surface area (Å²) in [6, 6.07) is 3.51. The fraction of sp³-hybridized carbons (Fsp3) is 0.278. The maximum absolute atomic E-state index is 13.0. The summed E-state index contributed by atoms with van der Waals surface area (Å²) in [5, 5.41) is 0.448. The molecule has 1 amide bonds. The molecule has 0 saturated heterocycles. The first-order valence-corrected chi connectivity index (χ1v) is 8.38. The summed E-state index contributed by atoms with van der Waals surface area (Å²) in [7, 11) is 0. The second-order valence-corrected chi connectivity index (χ2v) is 6.34. The molecule has 0 fully saturated rings. The van der Waals surface area contributed by atoms with E-state index in [-0.39, 0.29) is 22.8 Å². The summed E-state index contributed by atoms with van der Waals surface area (Å²) >= 11 is 0. The van der Waals surface area contributed by atoms with E-state index >= 15 is 0 Å². The van der Waals surface area contributed by atoms with Gasteiger partial charge in [0.05, 0.1) is 17.6 Å². The molecule has 0 aromatic carbocycles. The Morgan fingerprint density at radius 1 is 1.27 bits per heavy atom. The van der Waals surface area contributed by atoms with Gasteiger partial charge in [0, 0.05) is 36.7 Å². The van der Waals surface area contributed by atoms with Crippen LogP contribution in [0, 0.1) is 6.92 Å². The zero-order chi connectivity index (χ0) is 18.4. The average molecular weight is 350 g/mol. The van der Waals surface area contributed by atoms with E-state index in [1.165, 1.54) is 0 Å². The van der Waals surface area contributed by atoms with E-state index in [9.17, 15) is 9.59 Å². The van der Waals surface area contributed by atoms with E-state index < -0.39 is 0 Å². The van der Waals surface area contributed by atoms with Crippen molar-refractivity contribution in [3.05, 3.63) is 57.3 Å². The van der Waals surface area contributed by atoms with Gasteiger partial charge in [0.1, 0.15) is 11.2 Å². The Morgan fingerprint density at radius 2 is 2.08 bits per heavy atom. The Balaban J connectivity index is 1.78. The lowest BCUT2D eigenvalue weighted by Crippen LogP contribution is -2.31. The van der Waals surface area contributed by atoms with Gasteiger partial charge < -0.3 is 15.2 Å². The van der Waals surface area contributed by atoms with Crippen LogP contribution in [0.3, 0.4) is 0 Å². The van der Waals surface area contributed by atoms with Gasteiger partial charge in [-0.1, -0.05) is 0 Å². The van der Waals surface area contributed by atoms with E-state index in [0.717, 1.165) is 17.0 Å². The normalized spacial score (nSPS) is 13.2. The number of carbonyl (C=O) groups is 1. The van der Waals surface area contributed by atoms with Crippen LogP contribution >= 0.6 is 0 Å². The van der Waals surface area contributed by atoms with Crippen LogP contribution < -0.4 is 11.2 Å². The molecule has 0 atom stereocenters. The van der Waals surface area contributed by atoms with Crippen LogP contribution in [0.5, 0.6) is 0 Å². The highest BCUT2D eigenvalue weighted by molar-refractivity contribution is 5.97. The molecule has 3 aromatic heterocycles. The smallest absolute Gasteiger partial charge is 0.260 e. The second-order valence-electron chi connectivity index (χ2n) is 6.34. The number of aryl methyl sites for hydroxylation is 2. The van der Waals surface area contributed by atoms with E-state index in [0.29, 0.717) is 30.7 Å². The first-order valence-electron chi connectivity index (χ1n) is 8.38. The number of fused-ring (bicyclic) bond motifs is 2. The largest absolute Gasteiger partial charge is 0.368 e. The third-order valence-corrected chi connectivity index (χ3v) is 4.59. The number of hydrogen-bond donors (Lipinski definition) is 1. The summed E-state index contributed by atoms with van der Waals surface area (Å²) in [6.45, 7) is 5.11. The first kappa shape index (κ1) is 16.2. The quantitative estimate of drug-likeness (QED) is 0.745. The minimum Gasteiger partial charge on any atom is -0.368 e. The Kier molecular flexibility index (Phi) is 3.68. The molecule has 132 valence electrons. The molecule has 1 aliphatic heterocycles. The fourth-order valence-corrected chi connectivity index (χ4v) is 3.24. The van der Waals surface area contributed by atoms with Crippen molar-refractivity contribution >= 4 is 22.9 Å². The SMILES string of the molecule is CCn1cc(C(=O)N2Cc3cnc(N)nc3C2)c(=O)c2ccc(C)nc21. The summed E-state index contributed by atoms with van der Waals surface area (Å²) in [5.41, 5.74) is 8.44. The van der Waals surface area contributed by atoms with Crippen molar-refractivity contribution in [2.24, 2.45) is 0 Å². The number of nitrogens with two attached hydrogens (primary N) is 1. The van der Waals surface area contributed by atoms with Crippen LogP contribution in [0.25, 0.3) is 11.0 Å². The van der Waals surface area contributed by atoms with Crippen molar-refractivity contribution in [1.29, 1.82) is 0 Å². The molecule has 4 heterocycles. The molecular formula is C18H18N6O2. The molecule has 26 heavy (non-hydrogen) atoms. The third-order valence-electron chi connectivity index (χ3n) is 4.59. The number of rotatable bonds is 2. The van der Waals surface area contributed by atoms with Gasteiger partial charge in [0.15, 0.2) is 0 Å². The van der Waals surface area contributed by atoms with Gasteiger partial charge in [-0.2, -0.15) is 0 Å². The number of pyridine rings is 2. The molecule has 0 saturated carbocycles. The van der Waals surface area contributed by atoms with Gasteiger partial charge >= 0.3 is 0 Å². The standard InChI is InChI=1S/C18H18N6O2/c1-3-23-8-13(15(25)12-5-4-10(2)21-16(12)23)17(26)24-7-11-6-20-18(19)22-14(11)9-24/h4-6,8H,3,7,9H2,1-2H3,(H2,19,20,22). The Bertz CT molecular complexity index is 1100. The lowest BCUT2D eigenvalue weighted by atomic mass is 10.1. The second kappa shape index (κ2) is 5.91. The highest BCUT2D eigenvalue weighted by Crippen LogP contribution is 2.22. The van der Waals surface area contributed by atoms with Gasteiger partial charge in [0.2, 0.25) is 11.4 Å². The van der Waals surface area contributed by atoms with Gasteiger partial charge in [-0.25, -0.2) is 15.0 Å². The lowest BCUT2D eigenvalue weighted by molar-refractivity contribution is 0.0748. The zero-order valence-corrected chi connectivity index (χ0v) is 14.6. The van der Waals surface area contributed by atoms with E-state index in [4.69, 9.17) is 5.73 Å². The number of anilines is 1. The van der Waals surface area contributed by atoms with Crippen molar-refractivity contribution in [2.45, 2.75) is 33.5 Å². The minimum atomic E-state index is -0.323. The molecule has 0 bridgehead atoms. The molecule has 8 nitrogen and oxygen atoms in total. The predicted molar refractivity (Wildman–Crippen MR) is 96.4 cm³/mol. The van der Waals surface area contributed by atoms with Crippen LogP contribution in [0.15, 0.2) is 29.3 Å². The van der Waals surface area contributed by atoms with Crippen LogP contribution in [-0.2, 0) is 19.6 Å². The van der Waals surface area contributed by atoms with Crippen molar-refractivity contribution in [2.75, 3.05) is 5.73 Å². The van der Waals surface area contributed by atoms with Crippen molar-refractivity contribution in [3.63, 3.8) is 0 Å². The molecule has 3 aromatic rings. The van der Waals surface area contributed by atoms with Gasteiger partial charge in [-0.15, -0.1) is 0 Å². The van der Waals surface area contributed by atoms with Crippen molar-refractivity contribution < 1.29 is 4.79 Å². The molecular weight excluding hydrogens is 332 g/mol. The van der Waals surface area contributed by atoms with Gasteiger partial charge in [-0.05, 0) is 26.0 Å². The lowest BCUT2D eigenvalue weighted by Gasteiger charge is -2.17. The summed E-state index contributed by atoms with van der Waals surface area (Å²) in [6.07, 6.45) is 3.23. The number of amides is 1. The molecule has 0 aliphatic carbocycles. The topological polar surface area (TPSA) is 107 Å². The monoisotopic (exact) mass is 350 g/mol.